The molecule has 2 aromatic carbocycles. The number of thioether (sulfide) groups is 2. The Hall–Kier alpha value is -2.86. The van der Waals surface area contributed by atoms with E-state index in [0.717, 1.165) is 30.8 Å². The summed E-state index contributed by atoms with van der Waals surface area (Å²) in [6.45, 7) is 10.2. The number of hydrogen-bond donors (Lipinski definition) is 0. The molecule has 0 saturated heterocycles. The summed E-state index contributed by atoms with van der Waals surface area (Å²) in [5.74, 6) is 2.52. The molecule has 1 aliphatic heterocycles. The first kappa shape index (κ1) is 33.3. The van der Waals surface area contributed by atoms with E-state index in [9.17, 15) is 0 Å². The van der Waals surface area contributed by atoms with Gasteiger partial charge in [0.25, 0.3) is 0 Å². The molecule has 0 amide bonds. The van der Waals surface area contributed by atoms with E-state index in [0.29, 0.717) is 0 Å². The van der Waals surface area contributed by atoms with E-state index < -0.39 is 5.60 Å². The lowest BCUT2D eigenvalue weighted by atomic mass is 9.48. The van der Waals surface area contributed by atoms with Crippen LogP contribution < -0.4 is 10.4 Å². The quantitative estimate of drug-likeness (QED) is 0.223. The second-order valence-corrected chi connectivity index (χ2v) is 17.6. The maximum atomic E-state index is 7.84. The summed E-state index contributed by atoms with van der Waals surface area (Å²) in [5.41, 5.74) is 6.41. The maximum Gasteiger partial charge on any atom is 0.173 e. The van der Waals surface area contributed by atoms with Crippen LogP contribution in [0.3, 0.4) is 0 Å². The molecule has 1 fully saturated rings. The van der Waals surface area contributed by atoms with Gasteiger partial charge in [0.1, 0.15) is 5.76 Å². The lowest BCUT2D eigenvalue weighted by Crippen LogP contribution is -2.56. The zero-order valence-electron chi connectivity index (χ0n) is 30.3. The normalized spacial score (nSPS) is 29.7. The zero-order chi connectivity index (χ0) is 34.3. The van der Waals surface area contributed by atoms with Crippen LogP contribution in [0.5, 0.6) is 0 Å². The van der Waals surface area contributed by atoms with Crippen molar-refractivity contribution >= 4 is 34.9 Å². The van der Waals surface area contributed by atoms with Crippen molar-refractivity contribution in [3.8, 4) is 0 Å². The van der Waals surface area contributed by atoms with Gasteiger partial charge in [0.2, 0.25) is 0 Å². The van der Waals surface area contributed by atoms with Crippen LogP contribution in [-0.4, -0.2) is 38.4 Å². The maximum absolute atomic E-state index is 7.84. The Morgan fingerprint density at radius 1 is 0.857 bits per heavy atom. The van der Waals surface area contributed by atoms with Crippen molar-refractivity contribution in [1.29, 1.82) is 0 Å². The minimum absolute atomic E-state index is 0.0547. The monoisotopic (exact) mass is 690 g/mol. The van der Waals surface area contributed by atoms with Gasteiger partial charge in [-0.2, -0.15) is 0 Å². The van der Waals surface area contributed by atoms with Gasteiger partial charge in [0.15, 0.2) is 5.60 Å². The van der Waals surface area contributed by atoms with E-state index in [1.54, 1.807) is 14.2 Å². The van der Waals surface area contributed by atoms with E-state index in [2.05, 4.69) is 119 Å². The van der Waals surface area contributed by atoms with Crippen molar-refractivity contribution in [1.82, 2.24) is 0 Å². The Morgan fingerprint density at radius 3 is 2.18 bits per heavy atom. The number of fused-ring (bicyclic) bond motifs is 8. The SMILES string of the molecule is COC1=CC=C(C2(C3=CCC(OC)C=C3)C=CC3C(=c4cc(SC)c(SC)cc4=C4c5ccccc5C5(C43)C(C)(C)CCC5(C)C)O2)CC1. The van der Waals surface area contributed by atoms with Gasteiger partial charge in [-0.05, 0) is 106 Å². The van der Waals surface area contributed by atoms with E-state index in [1.165, 1.54) is 60.9 Å². The molecule has 6 aliphatic rings. The van der Waals surface area contributed by atoms with E-state index in [1.807, 2.05) is 23.5 Å². The summed E-state index contributed by atoms with van der Waals surface area (Å²) in [6.07, 6.45) is 25.7. The average Bonchev–Trinajstić information content (AvgIpc) is 3.56. The molecule has 0 N–H and O–H groups in total. The molecular formula is C44H50O3S2. The fraction of sp³-hybridized carbons (Fsp3) is 0.455. The van der Waals surface area contributed by atoms with Gasteiger partial charge in [-0.3, -0.25) is 0 Å². The molecule has 0 bridgehead atoms. The third-order valence-corrected chi connectivity index (χ3v) is 14.8. The first-order valence-electron chi connectivity index (χ1n) is 17.9. The van der Waals surface area contributed by atoms with Crippen molar-refractivity contribution in [3.63, 3.8) is 0 Å². The Kier molecular flexibility index (Phi) is 8.05. The van der Waals surface area contributed by atoms with Gasteiger partial charge >= 0.3 is 0 Å². The number of rotatable bonds is 6. The van der Waals surface area contributed by atoms with Crippen LogP contribution in [0.2, 0.25) is 0 Å². The molecule has 1 heterocycles. The van der Waals surface area contributed by atoms with Crippen LogP contribution in [0.25, 0.3) is 11.3 Å². The standard InChI is InChI=1S/C44H50O3S2/c1-41(2)23-24-42(3,4)44(41)35-12-10-9-11-31(35)38-33-25-36(48-7)37(49-8)26-34(33)40-32(39(38)44)21-22-43(47-40,27-13-17-29(45-5)18-14-27)28-15-19-30(46-6)20-16-28/h9-15,17,19,21-22,25-26,29,32,39H,16,18,20,23-24H2,1-8H3. The number of benzene rings is 2. The Labute approximate surface area is 301 Å². The minimum Gasteiger partial charge on any atom is -0.501 e. The molecule has 5 aliphatic carbocycles. The Bertz CT molecular complexity index is 1990. The summed E-state index contributed by atoms with van der Waals surface area (Å²) in [7, 11) is 3.57. The largest absolute Gasteiger partial charge is 0.501 e. The fourth-order valence-electron chi connectivity index (χ4n) is 10.9. The highest BCUT2D eigenvalue weighted by molar-refractivity contribution is 8.01. The van der Waals surface area contributed by atoms with Gasteiger partial charge < -0.3 is 14.2 Å². The fourth-order valence-corrected chi connectivity index (χ4v) is 12.4. The van der Waals surface area contributed by atoms with Crippen LogP contribution in [0.15, 0.2) is 106 Å². The molecule has 1 spiro atoms. The van der Waals surface area contributed by atoms with Crippen molar-refractivity contribution in [3.05, 3.63) is 117 Å². The van der Waals surface area contributed by atoms with Gasteiger partial charge in [-0.1, -0.05) is 82.3 Å². The molecule has 256 valence electrons. The van der Waals surface area contributed by atoms with Crippen molar-refractivity contribution in [2.45, 2.75) is 86.7 Å². The van der Waals surface area contributed by atoms with Crippen LogP contribution >= 0.6 is 23.5 Å². The summed E-state index contributed by atoms with van der Waals surface area (Å²) in [6, 6.07) is 14.4. The van der Waals surface area contributed by atoms with Crippen LogP contribution in [-0.2, 0) is 19.6 Å². The second-order valence-electron chi connectivity index (χ2n) is 15.9. The topological polar surface area (TPSA) is 27.7 Å². The van der Waals surface area contributed by atoms with Gasteiger partial charge in [0.05, 0.1) is 19.0 Å². The molecule has 8 rings (SSSR count). The van der Waals surface area contributed by atoms with Crippen LogP contribution in [0.4, 0.5) is 0 Å². The first-order valence-corrected chi connectivity index (χ1v) is 20.4. The highest BCUT2D eigenvalue weighted by Crippen LogP contribution is 2.74. The van der Waals surface area contributed by atoms with E-state index in [4.69, 9.17) is 14.2 Å². The lowest BCUT2D eigenvalue weighted by Gasteiger charge is -2.55. The molecule has 2 aromatic rings. The molecule has 49 heavy (non-hydrogen) atoms. The molecule has 5 heteroatoms. The zero-order valence-corrected chi connectivity index (χ0v) is 31.9. The van der Waals surface area contributed by atoms with E-state index >= 15 is 0 Å². The predicted molar refractivity (Wildman–Crippen MR) is 205 cm³/mol. The molecular weight excluding hydrogens is 641 g/mol. The Morgan fingerprint density at radius 2 is 1.57 bits per heavy atom. The number of allylic oxidation sites excluding steroid dienone is 3. The van der Waals surface area contributed by atoms with Crippen LogP contribution in [0, 0.1) is 22.7 Å². The van der Waals surface area contributed by atoms with Gasteiger partial charge in [-0.15, -0.1) is 23.5 Å². The average molecular weight is 691 g/mol. The Balaban J connectivity index is 1.47. The number of hydrogen-bond acceptors (Lipinski definition) is 5. The third kappa shape index (κ3) is 4.53. The van der Waals surface area contributed by atoms with Crippen LogP contribution in [0.1, 0.15) is 70.9 Å². The van der Waals surface area contributed by atoms with Gasteiger partial charge in [0, 0.05) is 45.8 Å². The molecule has 3 nitrogen and oxygen atoms in total. The summed E-state index contributed by atoms with van der Waals surface area (Å²) >= 11 is 3.69. The summed E-state index contributed by atoms with van der Waals surface area (Å²) in [4.78, 5) is 2.65. The minimum atomic E-state index is -0.706. The third-order valence-electron chi connectivity index (χ3n) is 13.1. The molecule has 0 aromatic heterocycles. The lowest BCUT2D eigenvalue weighted by molar-refractivity contribution is 0.0396. The highest BCUT2D eigenvalue weighted by Gasteiger charge is 2.70. The molecule has 4 unspecified atom stereocenters. The summed E-state index contributed by atoms with van der Waals surface area (Å²) in [5, 5.41) is 2.62. The number of methoxy groups -OCH3 is 2. The molecule has 4 atom stereocenters. The van der Waals surface area contributed by atoms with Crippen molar-refractivity contribution < 1.29 is 14.2 Å². The van der Waals surface area contributed by atoms with Gasteiger partial charge in [-0.25, -0.2) is 0 Å². The smallest absolute Gasteiger partial charge is 0.173 e. The van der Waals surface area contributed by atoms with Crippen molar-refractivity contribution in [2.24, 2.45) is 22.7 Å². The molecule has 0 radical (unpaired) electrons. The molecule has 1 saturated carbocycles. The van der Waals surface area contributed by atoms with Crippen molar-refractivity contribution in [2.75, 3.05) is 26.7 Å². The first-order chi connectivity index (χ1) is 23.6. The number of ether oxygens (including phenoxy) is 3. The highest BCUT2D eigenvalue weighted by atomic mass is 32.2. The second kappa shape index (κ2) is 11.9. The summed E-state index contributed by atoms with van der Waals surface area (Å²) < 4.78 is 19.3. The predicted octanol–water partition coefficient (Wildman–Crippen LogP) is 9.26. The van der Waals surface area contributed by atoms with E-state index in [-0.39, 0.29) is 34.2 Å².